The van der Waals surface area contributed by atoms with Crippen molar-refractivity contribution < 1.29 is 9.53 Å². The summed E-state index contributed by atoms with van der Waals surface area (Å²) in [7, 11) is 5.64. The number of carbonyl (C=O) groups excluding carboxylic acids is 1. The lowest BCUT2D eigenvalue weighted by Crippen LogP contribution is -2.35. The van der Waals surface area contributed by atoms with Crippen LogP contribution in [0.25, 0.3) is 5.69 Å². The molecule has 1 amide bonds. The quantitative estimate of drug-likeness (QED) is 0.338. The second-order valence-electron chi connectivity index (χ2n) is 8.06. The zero-order valence-electron chi connectivity index (χ0n) is 20.0. The van der Waals surface area contributed by atoms with Crippen LogP contribution in [0.5, 0.6) is 5.75 Å². The van der Waals surface area contributed by atoms with Crippen molar-refractivity contribution in [3.8, 4) is 11.4 Å². The van der Waals surface area contributed by atoms with Crippen molar-refractivity contribution in [2.24, 2.45) is 0 Å². The molecule has 0 saturated heterocycles. The Morgan fingerprint density at radius 1 is 1.03 bits per heavy atom. The van der Waals surface area contributed by atoms with E-state index in [1.54, 1.807) is 11.8 Å². The Morgan fingerprint density at radius 3 is 2.51 bits per heavy atom. The number of methoxy groups -OCH3 is 1. The van der Waals surface area contributed by atoms with Crippen LogP contribution in [0.1, 0.15) is 27.8 Å². The van der Waals surface area contributed by atoms with E-state index < -0.39 is 0 Å². The highest BCUT2D eigenvalue weighted by Crippen LogP contribution is 2.29. The Hall–Kier alpha value is -3.69. The van der Waals surface area contributed by atoms with Crippen molar-refractivity contribution in [2.75, 3.05) is 27.7 Å². The van der Waals surface area contributed by atoms with Gasteiger partial charge in [0, 0.05) is 17.0 Å². The first-order chi connectivity index (χ1) is 17.1. The number of thioether (sulfide) groups is 1. The fraction of sp³-hybridized carbons (Fsp3) is 0.231. The van der Waals surface area contributed by atoms with E-state index >= 15 is 0 Å². The fourth-order valence-corrected chi connectivity index (χ4v) is 4.74. The molecule has 1 atom stereocenters. The smallest absolute Gasteiger partial charge is 0.252 e. The molecule has 4 aromatic rings. The van der Waals surface area contributed by atoms with Gasteiger partial charge >= 0.3 is 0 Å². The number of nitrogens with zero attached hydrogens (tertiary/aromatic N) is 5. The predicted octanol–water partition coefficient (Wildman–Crippen LogP) is 4.00. The second kappa shape index (κ2) is 11.6. The average Bonchev–Trinajstić information content (AvgIpc) is 3.37. The summed E-state index contributed by atoms with van der Waals surface area (Å²) < 4.78 is 7.25. The Morgan fingerprint density at radius 2 is 1.74 bits per heavy atom. The molecule has 4 rings (SSSR count). The second-order valence-corrected chi connectivity index (χ2v) is 9.08. The molecule has 35 heavy (non-hydrogen) atoms. The van der Waals surface area contributed by atoms with Crippen molar-refractivity contribution in [2.45, 2.75) is 16.7 Å². The molecule has 1 aromatic heterocycles. The summed E-state index contributed by atoms with van der Waals surface area (Å²) in [4.78, 5) is 16.1. The van der Waals surface area contributed by atoms with Gasteiger partial charge in [0.25, 0.3) is 5.91 Å². The first-order valence-corrected chi connectivity index (χ1v) is 12.2. The summed E-state index contributed by atoms with van der Waals surface area (Å²) in [6.07, 6.45) is 0. The molecule has 0 aliphatic rings. The van der Waals surface area contributed by atoms with Gasteiger partial charge in [0.2, 0.25) is 0 Å². The lowest BCUT2D eigenvalue weighted by molar-refractivity contribution is 0.0938. The van der Waals surface area contributed by atoms with Crippen LogP contribution in [0, 0.1) is 0 Å². The number of hydrogen-bond acceptors (Lipinski definition) is 7. The van der Waals surface area contributed by atoms with Gasteiger partial charge in [-0.3, -0.25) is 4.79 Å². The first kappa shape index (κ1) is 24.4. The van der Waals surface area contributed by atoms with E-state index in [1.165, 1.54) is 11.8 Å². The maximum absolute atomic E-state index is 13.2. The number of ether oxygens (including phenoxy) is 1. The minimum absolute atomic E-state index is 0.0367. The van der Waals surface area contributed by atoms with Crippen LogP contribution in [-0.2, 0) is 5.75 Å². The molecular weight excluding hydrogens is 460 g/mol. The molecule has 0 fully saturated rings. The zero-order chi connectivity index (χ0) is 24.6. The molecule has 1 unspecified atom stereocenters. The van der Waals surface area contributed by atoms with Gasteiger partial charge in [-0.1, -0.05) is 48.5 Å². The van der Waals surface area contributed by atoms with Gasteiger partial charge in [-0.15, -0.1) is 16.9 Å². The molecule has 9 heteroatoms. The third-order valence-corrected chi connectivity index (χ3v) is 6.67. The van der Waals surface area contributed by atoms with E-state index in [1.807, 2.05) is 93.0 Å². The standard InChI is InChI=1S/C26H28N6O2S/c1-31(2)22(20-13-7-9-15-23(20)34-3)17-27-26(33)21-14-8-10-16-24(21)35-18-25-28-29-30-32(25)19-11-5-4-6-12-19/h4-16,22H,17-18H2,1-3H3,(H,27,33). The normalized spacial score (nSPS) is 11.9. The largest absolute Gasteiger partial charge is 0.496 e. The Labute approximate surface area is 209 Å². The third-order valence-electron chi connectivity index (χ3n) is 5.60. The molecule has 8 nitrogen and oxygen atoms in total. The van der Waals surface area contributed by atoms with Crippen molar-refractivity contribution in [3.63, 3.8) is 0 Å². The number of para-hydroxylation sites is 2. The molecule has 1 heterocycles. The van der Waals surface area contributed by atoms with E-state index in [-0.39, 0.29) is 11.9 Å². The van der Waals surface area contributed by atoms with Crippen molar-refractivity contribution >= 4 is 17.7 Å². The Bertz CT molecular complexity index is 1260. The molecular formula is C26H28N6O2S. The van der Waals surface area contributed by atoms with Gasteiger partial charge in [-0.25, -0.2) is 0 Å². The van der Waals surface area contributed by atoms with E-state index in [0.717, 1.165) is 21.9 Å². The highest BCUT2D eigenvalue weighted by Gasteiger charge is 2.20. The molecule has 1 N–H and O–H groups in total. The first-order valence-electron chi connectivity index (χ1n) is 11.2. The summed E-state index contributed by atoms with van der Waals surface area (Å²) in [6, 6.07) is 25.2. The SMILES string of the molecule is COc1ccccc1C(CNC(=O)c1ccccc1SCc1nnnn1-c1ccccc1)N(C)C. The summed E-state index contributed by atoms with van der Waals surface area (Å²) in [5.74, 6) is 1.90. The van der Waals surface area contributed by atoms with Crippen LogP contribution in [0.4, 0.5) is 0 Å². The zero-order valence-corrected chi connectivity index (χ0v) is 20.8. The number of benzene rings is 3. The number of hydrogen-bond donors (Lipinski definition) is 1. The lowest BCUT2D eigenvalue weighted by atomic mass is 10.0. The van der Waals surface area contributed by atoms with Gasteiger partial charge in [0.1, 0.15) is 5.75 Å². The molecule has 3 aromatic carbocycles. The number of tetrazole rings is 1. The predicted molar refractivity (Wildman–Crippen MR) is 137 cm³/mol. The topological polar surface area (TPSA) is 85.2 Å². The van der Waals surface area contributed by atoms with Crippen molar-refractivity contribution in [1.29, 1.82) is 0 Å². The highest BCUT2D eigenvalue weighted by molar-refractivity contribution is 7.98. The van der Waals surface area contributed by atoms with Crippen LogP contribution >= 0.6 is 11.8 Å². The number of carbonyl (C=O) groups is 1. The lowest BCUT2D eigenvalue weighted by Gasteiger charge is -2.26. The van der Waals surface area contributed by atoms with Crippen LogP contribution in [-0.4, -0.2) is 58.8 Å². The molecule has 180 valence electrons. The number of likely N-dealkylation sites (N-methyl/N-ethyl adjacent to an activating group) is 1. The van der Waals surface area contributed by atoms with E-state index in [0.29, 0.717) is 23.7 Å². The van der Waals surface area contributed by atoms with Gasteiger partial charge in [-0.05, 0) is 54.9 Å². The number of amides is 1. The summed E-state index contributed by atoms with van der Waals surface area (Å²) in [5, 5.41) is 15.2. The van der Waals surface area contributed by atoms with E-state index in [2.05, 4.69) is 25.7 Å². The van der Waals surface area contributed by atoms with Gasteiger partial charge < -0.3 is 15.0 Å². The van der Waals surface area contributed by atoms with Gasteiger partial charge in [0.05, 0.1) is 30.2 Å². The molecule has 0 aliphatic heterocycles. The number of nitrogens with one attached hydrogen (secondary N) is 1. The monoisotopic (exact) mass is 488 g/mol. The molecule has 0 aliphatic carbocycles. The van der Waals surface area contributed by atoms with E-state index in [9.17, 15) is 4.79 Å². The van der Waals surface area contributed by atoms with Crippen LogP contribution in [0.3, 0.4) is 0 Å². The van der Waals surface area contributed by atoms with Crippen LogP contribution in [0.2, 0.25) is 0 Å². The van der Waals surface area contributed by atoms with Crippen molar-refractivity contribution in [1.82, 2.24) is 30.4 Å². The molecule has 0 radical (unpaired) electrons. The molecule has 0 saturated carbocycles. The summed E-state index contributed by atoms with van der Waals surface area (Å²) in [5.41, 5.74) is 2.54. The molecule has 0 bridgehead atoms. The van der Waals surface area contributed by atoms with E-state index in [4.69, 9.17) is 4.74 Å². The van der Waals surface area contributed by atoms with Crippen LogP contribution in [0.15, 0.2) is 83.8 Å². The minimum atomic E-state index is -0.127. The number of aromatic nitrogens is 4. The maximum Gasteiger partial charge on any atom is 0.252 e. The fourth-order valence-electron chi connectivity index (χ4n) is 3.78. The summed E-state index contributed by atoms with van der Waals surface area (Å²) in [6.45, 7) is 0.442. The highest BCUT2D eigenvalue weighted by atomic mass is 32.2. The Balaban J connectivity index is 1.46. The molecule has 0 spiro atoms. The average molecular weight is 489 g/mol. The minimum Gasteiger partial charge on any atom is -0.496 e. The third kappa shape index (κ3) is 5.87. The van der Waals surface area contributed by atoms with Gasteiger partial charge in [-0.2, -0.15) is 4.68 Å². The van der Waals surface area contributed by atoms with Crippen molar-refractivity contribution in [3.05, 3.63) is 95.8 Å². The maximum atomic E-state index is 13.2. The van der Waals surface area contributed by atoms with Crippen LogP contribution < -0.4 is 10.1 Å². The number of rotatable bonds is 10. The Kier molecular flexibility index (Phi) is 8.12. The summed E-state index contributed by atoms with van der Waals surface area (Å²) >= 11 is 1.53. The van der Waals surface area contributed by atoms with Gasteiger partial charge in [0.15, 0.2) is 5.82 Å².